The Labute approximate surface area is 236 Å². The van der Waals surface area contributed by atoms with E-state index in [1.54, 1.807) is 18.2 Å². The van der Waals surface area contributed by atoms with Crippen LogP contribution in [0.2, 0.25) is 5.02 Å². The highest BCUT2D eigenvalue weighted by Gasteiger charge is 2.35. The molecule has 0 unspecified atom stereocenters. The number of amides is 2. The number of nitrogens with one attached hydrogen (secondary N) is 1. The van der Waals surface area contributed by atoms with Gasteiger partial charge in [0, 0.05) is 10.6 Å². The number of carbonyl (C=O) groups is 3. The van der Waals surface area contributed by atoms with Crippen LogP contribution in [0.15, 0.2) is 66.2 Å². The molecule has 188 valence electrons. The van der Waals surface area contributed by atoms with E-state index in [2.05, 4.69) is 27.9 Å². The van der Waals surface area contributed by atoms with Gasteiger partial charge in [-0.2, -0.15) is 0 Å². The van der Waals surface area contributed by atoms with Gasteiger partial charge in [0.15, 0.2) is 16.6 Å². The van der Waals surface area contributed by atoms with E-state index in [0.29, 0.717) is 25.7 Å². The molecular weight excluding hydrogens is 631 g/mol. The van der Waals surface area contributed by atoms with E-state index < -0.39 is 17.8 Å². The van der Waals surface area contributed by atoms with Gasteiger partial charge in [0.1, 0.15) is 12.2 Å². The van der Waals surface area contributed by atoms with Gasteiger partial charge in [-0.3, -0.25) is 19.8 Å². The Kier molecular flexibility index (Phi) is 8.10. The van der Waals surface area contributed by atoms with Gasteiger partial charge in [-0.25, -0.2) is 4.79 Å². The van der Waals surface area contributed by atoms with Gasteiger partial charge in [-0.1, -0.05) is 35.9 Å². The number of hydrogen-bond acceptors (Lipinski definition) is 6. The third-order valence-corrected chi connectivity index (χ3v) is 6.80. The van der Waals surface area contributed by atoms with Crippen LogP contribution in [-0.4, -0.2) is 35.1 Å². The summed E-state index contributed by atoms with van der Waals surface area (Å²) in [4.78, 5) is 38.5. The Hall–Kier alpha value is -3.48. The highest BCUT2D eigenvalue weighted by molar-refractivity contribution is 14.1. The molecule has 0 bridgehead atoms. The summed E-state index contributed by atoms with van der Waals surface area (Å²) in [5, 5.41) is 12.2. The molecule has 0 radical (unpaired) electrons. The molecule has 2 amide bonds. The number of thiocarbonyl (C=S) groups is 1. The smallest absolute Gasteiger partial charge is 0.335 e. The number of hydrogen-bond donors (Lipinski definition) is 2. The number of halogens is 2. The molecule has 11 heteroatoms. The Balaban J connectivity index is 1.66. The van der Waals surface area contributed by atoms with Crippen LogP contribution in [0, 0.1) is 3.57 Å². The van der Waals surface area contributed by atoms with Crippen LogP contribution in [0.1, 0.15) is 21.5 Å². The summed E-state index contributed by atoms with van der Waals surface area (Å²) < 4.78 is 12.2. The number of carbonyl (C=O) groups excluding carboxylic acids is 2. The fourth-order valence-corrected chi connectivity index (χ4v) is 4.82. The second-order valence-electron chi connectivity index (χ2n) is 7.73. The molecule has 37 heavy (non-hydrogen) atoms. The van der Waals surface area contributed by atoms with E-state index in [1.165, 1.54) is 37.5 Å². The van der Waals surface area contributed by atoms with Crippen molar-refractivity contribution < 1.29 is 29.0 Å². The first-order chi connectivity index (χ1) is 17.7. The van der Waals surface area contributed by atoms with Gasteiger partial charge >= 0.3 is 5.97 Å². The van der Waals surface area contributed by atoms with Crippen molar-refractivity contribution >= 4 is 81.1 Å². The number of carboxylic acid groups (broad SMARTS) is 1. The molecule has 0 saturated carbocycles. The first-order valence-corrected chi connectivity index (χ1v) is 12.5. The van der Waals surface area contributed by atoms with E-state index in [0.717, 1.165) is 10.5 Å². The summed E-state index contributed by atoms with van der Waals surface area (Å²) in [5.74, 6) is -1.64. The Bertz CT molecular complexity index is 1480. The molecule has 3 aromatic carbocycles. The Morgan fingerprint density at radius 1 is 1.16 bits per heavy atom. The van der Waals surface area contributed by atoms with Crippen molar-refractivity contribution in [2.45, 2.75) is 6.61 Å². The first-order valence-electron chi connectivity index (χ1n) is 10.7. The van der Waals surface area contributed by atoms with Crippen LogP contribution >= 0.6 is 46.4 Å². The predicted molar refractivity (Wildman–Crippen MR) is 151 cm³/mol. The molecule has 1 aliphatic rings. The topological polar surface area (TPSA) is 105 Å². The average Bonchev–Trinajstić information content (AvgIpc) is 2.86. The molecule has 0 spiro atoms. The molecule has 4 rings (SSSR count). The fourth-order valence-electron chi connectivity index (χ4n) is 3.57. The molecule has 1 fully saturated rings. The van der Waals surface area contributed by atoms with E-state index >= 15 is 0 Å². The van der Waals surface area contributed by atoms with Crippen LogP contribution < -0.4 is 19.7 Å². The quantitative estimate of drug-likeness (QED) is 0.160. The summed E-state index contributed by atoms with van der Waals surface area (Å²) in [7, 11) is 1.48. The SMILES string of the molecule is COc1cc(C=C2C(=O)NC(=S)N(c3cccc(C(=O)O)c3)C2=O)cc(I)c1OCc1ccccc1Cl. The minimum Gasteiger partial charge on any atom is -0.493 e. The molecule has 1 aliphatic heterocycles. The Morgan fingerprint density at radius 3 is 2.62 bits per heavy atom. The summed E-state index contributed by atoms with van der Waals surface area (Å²) in [6.07, 6.45) is 1.41. The number of anilines is 1. The van der Waals surface area contributed by atoms with Crippen molar-refractivity contribution in [3.63, 3.8) is 0 Å². The Morgan fingerprint density at radius 2 is 1.92 bits per heavy atom. The lowest BCUT2D eigenvalue weighted by Gasteiger charge is -2.29. The number of ether oxygens (including phenoxy) is 2. The van der Waals surface area contributed by atoms with Gasteiger partial charge in [-0.15, -0.1) is 0 Å². The summed E-state index contributed by atoms with van der Waals surface area (Å²) in [6, 6.07) is 16.4. The molecule has 0 atom stereocenters. The maximum Gasteiger partial charge on any atom is 0.335 e. The highest BCUT2D eigenvalue weighted by Crippen LogP contribution is 2.36. The van der Waals surface area contributed by atoms with Crippen molar-refractivity contribution in [2.75, 3.05) is 12.0 Å². The zero-order valence-electron chi connectivity index (χ0n) is 19.2. The monoisotopic (exact) mass is 648 g/mol. The van der Waals surface area contributed by atoms with Crippen molar-refractivity contribution in [3.05, 3.63) is 91.5 Å². The molecule has 8 nitrogen and oxygen atoms in total. The molecule has 0 aromatic heterocycles. The standard InChI is InChI=1S/C26H18ClIN2O6S/c1-35-21-11-14(10-20(28)22(21)36-13-16-5-2-3-8-19(16)27)9-18-23(31)29-26(37)30(24(18)32)17-7-4-6-15(12-17)25(33)34/h2-12H,13H2,1H3,(H,33,34)(H,29,31,37). The number of carboxylic acids is 1. The summed E-state index contributed by atoms with van der Waals surface area (Å²) in [6.45, 7) is 0.217. The van der Waals surface area contributed by atoms with Crippen LogP contribution in [-0.2, 0) is 16.2 Å². The predicted octanol–water partition coefficient (Wildman–Crippen LogP) is 5.06. The van der Waals surface area contributed by atoms with E-state index in [-0.39, 0.29) is 28.5 Å². The van der Waals surface area contributed by atoms with Crippen molar-refractivity contribution in [1.82, 2.24) is 5.32 Å². The number of benzene rings is 3. The lowest BCUT2D eigenvalue weighted by molar-refractivity contribution is -0.122. The number of methoxy groups -OCH3 is 1. The summed E-state index contributed by atoms with van der Waals surface area (Å²) in [5.41, 5.74) is 1.33. The zero-order chi connectivity index (χ0) is 26.7. The molecular formula is C26H18ClIN2O6S. The van der Waals surface area contributed by atoms with Gasteiger partial charge < -0.3 is 14.6 Å². The lowest BCUT2D eigenvalue weighted by atomic mass is 10.1. The third-order valence-electron chi connectivity index (χ3n) is 5.35. The van der Waals surface area contributed by atoms with E-state index in [1.807, 2.05) is 18.2 Å². The largest absolute Gasteiger partial charge is 0.493 e. The van der Waals surface area contributed by atoms with Gasteiger partial charge in [0.05, 0.1) is 21.9 Å². The number of aromatic carboxylic acids is 1. The van der Waals surface area contributed by atoms with Crippen molar-refractivity contribution in [1.29, 1.82) is 0 Å². The van der Waals surface area contributed by atoms with Gasteiger partial charge in [-0.05, 0) is 82.8 Å². The minimum absolute atomic E-state index is 0.0257. The normalized spacial score (nSPS) is 14.5. The third kappa shape index (κ3) is 5.76. The second-order valence-corrected chi connectivity index (χ2v) is 9.68. The van der Waals surface area contributed by atoms with Crippen molar-refractivity contribution in [3.8, 4) is 11.5 Å². The first kappa shape index (κ1) is 26.6. The van der Waals surface area contributed by atoms with Crippen molar-refractivity contribution in [2.24, 2.45) is 0 Å². The fraction of sp³-hybridized carbons (Fsp3) is 0.0769. The number of nitrogens with zero attached hydrogens (tertiary/aromatic N) is 1. The number of rotatable bonds is 7. The molecule has 3 aromatic rings. The summed E-state index contributed by atoms with van der Waals surface area (Å²) >= 11 is 13.5. The zero-order valence-corrected chi connectivity index (χ0v) is 22.9. The lowest BCUT2D eigenvalue weighted by Crippen LogP contribution is -2.54. The van der Waals surface area contributed by atoms with Gasteiger partial charge in [0.25, 0.3) is 11.8 Å². The molecule has 0 aliphatic carbocycles. The van der Waals surface area contributed by atoms with E-state index in [9.17, 15) is 19.5 Å². The second kappa shape index (κ2) is 11.3. The van der Waals surface area contributed by atoms with Gasteiger partial charge in [0.2, 0.25) is 0 Å². The van der Waals surface area contributed by atoms with Crippen LogP contribution in [0.4, 0.5) is 5.69 Å². The minimum atomic E-state index is -1.16. The van der Waals surface area contributed by atoms with Crippen LogP contribution in [0.5, 0.6) is 11.5 Å². The van der Waals surface area contributed by atoms with Crippen LogP contribution in [0.3, 0.4) is 0 Å². The molecule has 1 saturated heterocycles. The highest BCUT2D eigenvalue weighted by atomic mass is 127. The average molecular weight is 649 g/mol. The molecule has 1 heterocycles. The van der Waals surface area contributed by atoms with E-state index in [4.69, 9.17) is 33.3 Å². The van der Waals surface area contributed by atoms with Crippen LogP contribution in [0.25, 0.3) is 6.08 Å². The maximum absolute atomic E-state index is 13.3. The molecule has 2 N–H and O–H groups in total. The maximum atomic E-state index is 13.3.